The fourth-order valence-electron chi connectivity index (χ4n) is 1.97. The first kappa shape index (κ1) is 14.3. The minimum Gasteiger partial charge on any atom is -0.379 e. The normalized spacial score (nSPS) is 11.9. The van der Waals surface area contributed by atoms with E-state index in [0.29, 0.717) is 17.3 Å². The Balaban J connectivity index is 2.09. The van der Waals surface area contributed by atoms with Gasteiger partial charge in [-0.25, -0.2) is 0 Å². The number of halogens is 1. The molecule has 0 aromatic heterocycles. The molecule has 0 bridgehead atoms. The molecule has 0 spiro atoms. The number of nitrogens with zero attached hydrogens (tertiary/aromatic N) is 1. The molecule has 0 amide bonds. The molecule has 0 fully saturated rings. The van der Waals surface area contributed by atoms with Gasteiger partial charge in [0.05, 0.1) is 4.92 Å². The van der Waals surface area contributed by atoms with Gasteiger partial charge in [-0.05, 0) is 23.6 Å². The number of hydrogen-bond donors (Lipinski definition) is 1. The minimum absolute atomic E-state index is 0.00207. The predicted octanol–water partition coefficient (Wildman–Crippen LogP) is 4.46. The Morgan fingerprint density at radius 3 is 2.60 bits per heavy atom. The van der Waals surface area contributed by atoms with Crippen molar-refractivity contribution in [2.75, 3.05) is 11.9 Å². The number of nitrogens with one attached hydrogen (secondary N) is 1. The molecule has 2 rings (SSSR count). The average molecular weight is 291 g/mol. The SMILES string of the molecule is CC(CNc1ccc(Cl)cc1[N+](=O)[O-])c1ccccc1. The van der Waals surface area contributed by atoms with Crippen LogP contribution in [-0.2, 0) is 0 Å². The Morgan fingerprint density at radius 1 is 1.25 bits per heavy atom. The van der Waals surface area contributed by atoms with Gasteiger partial charge in [-0.1, -0.05) is 48.9 Å². The van der Waals surface area contributed by atoms with Gasteiger partial charge in [-0.15, -0.1) is 0 Å². The van der Waals surface area contributed by atoms with Crippen LogP contribution < -0.4 is 5.32 Å². The Hall–Kier alpha value is -2.07. The fourth-order valence-corrected chi connectivity index (χ4v) is 2.13. The molecule has 0 aliphatic rings. The molecule has 0 aliphatic heterocycles. The first-order valence-electron chi connectivity index (χ1n) is 6.30. The molecule has 0 saturated heterocycles. The van der Waals surface area contributed by atoms with Gasteiger partial charge < -0.3 is 5.32 Å². The summed E-state index contributed by atoms with van der Waals surface area (Å²) >= 11 is 5.79. The van der Waals surface area contributed by atoms with Crippen LogP contribution >= 0.6 is 11.6 Å². The molecule has 2 aromatic rings. The highest BCUT2D eigenvalue weighted by Gasteiger charge is 2.15. The zero-order valence-corrected chi connectivity index (χ0v) is 11.8. The van der Waals surface area contributed by atoms with Crippen LogP contribution in [0.2, 0.25) is 5.02 Å². The van der Waals surface area contributed by atoms with Crippen LogP contribution in [-0.4, -0.2) is 11.5 Å². The lowest BCUT2D eigenvalue weighted by molar-refractivity contribution is -0.383. The van der Waals surface area contributed by atoms with Crippen LogP contribution in [0.1, 0.15) is 18.4 Å². The third-order valence-electron chi connectivity index (χ3n) is 3.12. The number of rotatable bonds is 5. The van der Waals surface area contributed by atoms with Crippen molar-refractivity contribution in [3.63, 3.8) is 0 Å². The first-order chi connectivity index (χ1) is 9.58. The van der Waals surface area contributed by atoms with Gasteiger partial charge in [-0.3, -0.25) is 10.1 Å². The number of anilines is 1. The molecular weight excluding hydrogens is 276 g/mol. The lowest BCUT2D eigenvalue weighted by atomic mass is 10.0. The Labute approximate surface area is 122 Å². The molecule has 1 atom stereocenters. The molecule has 2 aromatic carbocycles. The standard InChI is InChI=1S/C15H15ClN2O2/c1-11(12-5-3-2-4-6-12)10-17-14-8-7-13(16)9-15(14)18(19)20/h2-9,11,17H,10H2,1H3. The summed E-state index contributed by atoms with van der Waals surface area (Å²) in [4.78, 5) is 10.6. The van der Waals surface area contributed by atoms with Crippen molar-refractivity contribution < 1.29 is 4.92 Å². The summed E-state index contributed by atoms with van der Waals surface area (Å²) in [5.41, 5.74) is 1.68. The monoisotopic (exact) mass is 290 g/mol. The number of nitro groups is 1. The molecule has 0 aliphatic carbocycles. The van der Waals surface area contributed by atoms with E-state index in [0.717, 1.165) is 0 Å². The molecule has 20 heavy (non-hydrogen) atoms. The zero-order valence-electron chi connectivity index (χ0n) is 11.0. The molecule has 0 saturated carbocycles. The van der Waals surface area contributed by atoms with Gasteiger partial charge >= 0.3 is 0 Å². The quantitative estimate of drug-likeness (QED) is 0.653. The van der Waals surface area contributed by atoms with E-state index in [9.17, 15) is 10.1 Å². The molecule has 5 heteroatoms. The van der Waals surface area contributed by atoms with E-state index in [4.69, 9.17) is 11.6 Å². The van der Waals surface area contributed by atoms with Crippen molar-refractivity contribution in [2.24, 2.45) is 0 Å². The van der Waals surface area contributed by atoms with Gasteiger partial charge in [0.25, 0.3) is 5.69 Å². The predicted molar refractivity (Wildman–Crippen MR) is 81.5 cm³/mol. The van der Waals surface area contributed by atoms with E-state index < -0.39 is 4.92 Å². The molecular formula is C15H15ClN2O2. The van der Waals surface area contributed by atoms with Crippen LogP contribution in [0, 0.1) is 10.1 Å². The third-order valence-corrected chi connectivity index (χ3v) is 3.36. The second kappa shape index (κ2) is 6.39. The summed E-state index contributed by atoms with van der Waals surface area (Å²) in [5.74, 6) is 0.256. The van der Waals surface area contributed by atoms with Gasteiger partial charge in [0.15, 0.2) is 0 Å². The van der Waals surface area contributed by atoms with E-state index in [-0.39, 0.29) is 11.6 Å². The number of hydrogen-bond acceptors (Lipinski definition) is 3. The van der Waals surface area contributed by atoms with E-state index in [1.807, 2.05) is 30.3 Å². The summed E-state index contributed by atoms with van der Waals surface area (Å²) in [6.45, 7) is 2.69. The van der Waals surface area contributed by atoms with Gasteiger partial charge in [0.1, 0.15) is 5.69 Å². The number of nitro benzene ring substituents is 1. The summed E-state index contributed by atoms with van der Waals surface area (Å²) in [5, 5.41) is 14.5. The van der Waals surface area contributed by atoms with E-state index in [1.54, 1.807) is 12.1 Å². The van der Waals surface area contributed by atoms with Gasteiger partial charge in [0, 0.05) is 17.6 Å². The van der Waals surface area contributed by atoms with Crippen LogP contribution in [0.3, 0.4) is 0 Å². The van der Waals surface area contributed by atoms with Crippen molar-refractivity contribution in [1.29, 1.82) is 0 Å². The summed E-state index contributed by atoms with van der Waals surface area (Å²) < 4.78 is 0. The van der Waals surface area contributed by atoms with Crippen molar-refractivity contribution >= 4 is 23.0 Å². The lowest BCUT2D eigenvalue weighted by Gasteiger charge is -2.14. The largest absolute Gasteiger partial charge is 0.379 e. The van der Waals surface area contributed by atoms with E-state index in [1.165, 1.54) is 11.6 Å². The van der Waals surface area contributed by atoms with Gasteiger partial charge in [-0.2, -0.15) is 0 Å². The topological polar surface area (TPSA) is 55.2 Å². The van der Waals surface area contributed by atoms with Crippen LogP contribution in [0.25, 0.3) is 0 Å². The molecule has 1 unspecified atom stereocenters. The average Bonchev–Trinajstić information content (AvgIpc) is 2.46. The smallest absolute Gasteiger partial charge is 0.293 e. The van der Waals surface area contributed by atoms with E-state index >= 15 is 0 Å². The highest BCUT2D eigenvalue weighted by Crippen LogP contribution is 2.28. The minimum atomic E-state index is -0.429. The maximum absolute atomic E-state index is 11.0. The highest BCUT2D eigenvalue weighted by molar-refractivity contribution is 6.30. The fraction of sp³-hybridized carbons (Fsp3) is 0.200. The second-order valence-electron chi connectivity index (χ2n) is 4.61. The molecule has 1 N–H and O–H groups in total. The summed E-state index contributed by atoms with van der Waals surface area (Å²) in [6, 6.07) is 14.7. The summed E-state index contributed by atoms with van der Waals surface area (Å²) in [6.07, 6.45) is 0. The second-order valence-corrected chi connectivity index (χ2v) is 5.05. The van der Waals surface area contributed by atoms with Crippen molar-refractivity contribution in [1.82, 2.24) is 0 Å². The zero-order chi connectivity index (χ0) is 14.5. The molecule has 0 heterocycles. The molecule has 4 nitrogen and oxygen atoms in total. The Bertz CT molecular complexity index is 602. The van der Waals surface area contributed by atoms with Crippen molar-refractivity contribution in [3.05, 3.63) is 69.2 Å². The Morgan fingerprint density at radius 2 is 1.95 bits per heavy atom. The summed E-state index contributed by atoms with van der Waals surface area (Å²) in [7, 11) is 0. The number of benzene rings is 2. The van der Waals surface area contributed by atoms with Crippen molar-refractivity contribution in [3.8, 4) is 0 Å². The van der Waals surface area contributed by atoms with Crippen LogP contribution in [0.4, 0.5) is 11.4 Å². The maximum Gasteiger partial charge on any atom is 0.293 e. The van der Waals surface area contributed by atoms with Crippen molar-refractivity contribution in [2.45, 2.75) is 12.8 Å². The van der Waals surface area contributed by atoms with Crippen LogP contribution in [0.5, 0.6) is 0 Å². The van der Waals surface area contributed by atoms with E-state index in [2.05, 4.69) is 12.2 Å². The lowest BCUT2D eigenvalue weighted by Crippen LogP contribution is -2.11. The first-order valence-corrected chi connectivity index (χ1v) is 6.68. The van der Waals surface area contributed by atoms with Gasteiger partial charge in [0.2, 0.25) is 0 Å². The maximum atomic E-state index is 11.0. The molecule has 104 valence electrons. The molecule has 0 radical (unpaired) electrons. The highest BCUT2D eigenvalue weighted by atomic mass is 35.5. The van der Waals surface area contributed by atoms with Crippen LogP contribution in [0.15, 0.2) is 48.5 Å². The Kier molecular flexibility index (Phi) is 4.58. The third kappa shape index (κ3) is 3.48.